The van der Waals surface area contributed by atoms with Gasteiger partial charge in [-0.25, -0.2) is 8.42 Å². The number of nitrogens with one attached hydrogen (secondary N) is 1. The van der Waals surface area contributed by atoms with Gasteiger partial charge in [0.1, 0.15) is 0 Å². The molecule has 0 radical (unpaired) electrons. The first-order valence-corrected chi connectivity index (χ1v) is 12.3. The number of aryl methyl sites for hydroxylation is 1. The molecule has 4 aromatic carbocycles. The largest absolute Gasteiger partial charge is 0.321 e. The highest BCUT2D eigenvalue weighted by Gasteiger charge is 2.36. The zero-order valence-electron chi connectivity index (χ0n) is 18.4. The maximum absolute atomic E-state index is 13.3. The van der Waals surface area contributed by atoms with Crippen LogP contribution in [0.1, 0.15) is 28.4 Å². The number of rotatable bonds is 4. The van der Waals surface area contributed by atoms with Crippen molar-refractivity contribution in [3.05, 3.63) is 102 Å². The van der Waals surface area contributed by atoms with Crippen LogP contribution in [0.15, 0.2) is 89.8 Å². The molecular weight excluding hydrogens is 432 g/mol. The molecule has 0 aliphatic carbocycles. The quantitative estimate of drug-likeness (QED) is 0.438. The first kappa shape index (κ1) is 21.2. The Hall–Kier alpha value is -3.64. The van der Waals surface area contributed by atoms with Gasteiger partial charge in [0.25, 0.3) is 15.9 Å². The second-order valence-electron chi connectivity index (χ2n) is 8.49. The van der Waals surface area contributed by atoms with E-state index in [4.69, 9.17) is 0 Å². The molecule has 166 valence electrons. The molecule has 0 unspecified atom stereocenters. The molecule has 1 heterocycles. The number of sulfonamides is 1. The van der Waals surface area contributed by atoms with Crippen molar-refractivity contribution in [1.82, 2.24) is 0 Å². The van der Waals surface area contributed by atoms with Crippen LogP contribution < -0.4 is 9.62 Å². The molecule has 1 atom stereocenters. The summed E-state index contributed by atoms with van der Waals surface area (Å²) in [5, 5.41) is 5.03. The van der Waals surface area contributed by atoms with Gasteiger partial charge < -0.3 is 5.32 Å². The molecule has 0 saturated heterocycles. The van der Waals surface area contributed by atoms with Crippen LogP contribution in [0.4, 0.5) is 11.4 Å². The number of hydrogen-bond acceptors (Lipinski definition) is 3. The topological polar surface area (TPSA) is 66.5 Å². The molecule has 33 heavy (non-hydrogen) atoms. The number of benzene rings is 4. The third kappa shape index (κ3) is 3.76. The second kappa shape index (κ2) is 8.05. The van der Waals surface area contributed by atoms with Gasteiger partial charge >= 0.3 is 0 Å². The molecule has 5 nitrogen and oxygen atoms in total. The molecule has 1 amide bonds. The molecular formula is C27H24N2O3S. The number of carbonyl (C=O) groups excluding carboxylic acids is 1. The van der Waals surface area contributed by atoms with E-state index in [2.05, 4.69) is 5.32 Å². The smallest absolute Gasteiger partial charge is 0.264 e. The summed E-state index contributed by atoms with van der Waals surface area (Å²) in [6.45, 7) is 3.82. The summed E-state index contributed by atoms with van der Waals surface area (Å²) >= 11 is 0. The standard InChI is InChI=1S/C27H24N2O3S/c1-18-10-13-23(14-11-18)33(31,32)29-19(2)16-22-17-21(12-15-26(22)29)27(30)28-25-9-5-7-20-6-3-4-8-24(20)25/h3-15,17,19H,16H2,1-2H3,(H,28,30)/t19-/m0/s1. The van der Waals surface area contributed by atoms with Gasteiger partial charge in [0, 0.05) is 22.7 Å². The zero-order valence-corrected chi connectivity index (χ0v) is 19.3. The van der Waals surface area contributed by atoms with Crippen LogP contribution >= 0.6 is 0 Å². The van der Waals surface area contributed by atoms with E-state index in [1.54, 1.807) is 42.5 Å². The Labute approximate surface area is 193 Å². The summed E-state index contributed by atoms with van der Waals surface area (Å²) in [5.74, 6) is -0.221. The monoisotopic (exact) mass is 456 g/mol. The summed E-state index contributed by atoms with van der Waals surface area (Å²) in [6.07, 6.45) is 0.551. The van der Waals surface area contributed by atoms with Gasteiger partial charge in [0.2, 0.25) is 0 Å². The Morgan fingerprint density at radius 3 is 2.45 bits per heavy atom. The minimum Gasteiger partial charge on any atom is -0.321 e. The molecule has 1 N–H and O–H groups in total. The molecule has 0 fully saturated rings. The summed E-state index contributed by atoms with van der Waals surface area (Å²) in [6, 6.07) is 25.6. The van der Waals surface area contributed by atoms with Crippen LogP contribution in [0, 0.1) is 6.92 Å². The maximum atomic E-state index is 13.3. The zero-order chi connectivity index (χ0) is 23.2. The third-order valence-electron chi connectivity index (χ3n) is 6.11. The fourth-order valence-electron chi connectivity index (χ4n) is 4.46. The van der Waals surface area contributed by atoms with Gasteiger partial charge in [-0.2, -0.15) is 0 Å². The molecule has 0 spiro atoms. The second-order valence-corrected chi connectivity index (χ2v) is 10.3. The van der Waals surface area contributed by atoms with Gasteiger partial charge in [0.15, 0.2) is 0 Å². The summed E-state index contributed by atoms with van der Waals surface area (Å²) < 4.78 is 28.2. The van der Waals surface area contributed by atoms with Crippen LogP contribution in [0.25, 0.3) is 10.8 Å². The minimum absolute atomic E-state index is 0.221. The van der Waals surface area contributed by atoms with E-state index < -0.39 is 10.0 Å². The van der Waals surface area contributed by atoms with E-state index in [0.717, 1.165) is 27.6 Å². The van der Waals surface area contributed by atoms with E-state index in [-0.39, 0.29) is 16.8 Å². The Balaban J connectivity index is 1.45. The first-order valence-electron chi connectivity index (χ1n) is 10.9. The number of nitrogens with zero attached hydrogens (tertiary/aromatic N) is 1. The lowest BCUT2D eigenvalue weighted by Gasteiger charge is -2.24. The van der Waals surface area contributed by atoms with Gasteiger partial charge in [-0.1, -0.05) is 54.1 Å². The minimum atomic E-state index is -3.69. The number of hydrogen-bond donors (Lipinski definition) is 1. The SMILES string of the molecule is Cc1ccc(S(=O)(=O)N2c3ccc(C(=O)Nc4cccc5ccccc45)cc3C[C@@H]2C)cc1. The number of fused-ring (bicyclic) bond motifs is 2. The lowest BCUT2D eigenvalue weighted by molar-refractivity contribution is 0.102. The van der Waals surface area contributed by atoms with E-state index in [1.165, 1.54) is 4.31 Å². The van der Waals surface area contributed by atoms with Crippen molar-refractivity contribution in [2.24, 2.45) is 0 Å². The van der Waals surface area contributed by atoms with Crippen molar-refractivity contribution in [3.63, 3.8) is 0 Å². The average molecular weight is 457 g/mol. The maximum Gasteiger partial charge on any atom is 0.264 e. The molecule has 1 aliphatic rings. The van der Waals surface area contributed by atoms with E-state index >= 15 is 0 Å². The average Bonchev–Trinajstić information content (AvgIpc) is 3.15. The lowest BCUT2D eigenvalue weighted by Crippen LogP contribution is -2.35. The van der Waals surface area contributed by atoms with Crippen LogP contribution in [0.5, 0.6) is 0 Å². The van der Waals surface area contributed by atoms with Gasteiger partial charge in [0.05, 0.1) is 10.6 Å². The fraction of sp³-hybridized carbons (Fsp3) is 0.148. The van der Waals surface area contributed by atoms with Gasteiger partial charge in [-0.3, -0.25) is 9.10 Å². The molecule has 6 heteroatoms. The molecule has 1 aliphatic heterocycles. The molecule has 0 saturated carbocycles. The van der Waals surface area contributed by atoms with Crippen molar-refractivity contribution in [2.75, 3.05) is 9.62 Å². The summed E-state index contributed by atoms with van der Waals surface area (Å²) in [7, 11) is -3.69. The van der Waals surface area contributed by atoms with Crippen LogP contribution in [0.3, 0.4) is 0 Å². The van der Waals surface area contributed by atoms with E-state index in [0.29, 0.717) is 17.7 Å². The number of carbonyl (C=O) groups is 1. The molecule has 5 rings (SSSR count). The predicted molar refractivity (Wildman–Crippen MR) is 132 cm³/mol. The van der Waals surface area contributed by atoms with Crippen molar-refractivity contribution >= 4 is 38.1 Å². The molecule has 0 bridgehead atoms. The van der Waals surface area contributed by atoms with E-state index in [9.17, 15) is 13.2 Å². The Morgan fingerprint density at radius 2 is 1.67 bits per heavy atom. The Kier molecular flexibility index (Phi) is 5.17. The summed E-state index contributed by atoms with van der Waals surface area (Å²) in [5.41, 5.74) is 3.73. The molecule has 0 aromatic heterocycles. The van der Waals surface area contributed by atoms with Crippen LogP contribution in [-0.2, 0) is 16.4 Å². The van der Waals surface area contributed by atoms with Crippen LogP contribution in [-0.4, -0.2) is 20.4 Å². The van der Waals surface area contributed by atoms with Crippen molar-refractivity contribution < 1.29 is 13.2 Å². The van der Waals surface area contributed by atoms with Gasteiger partial charge in [-0.05, 0) is 67.6 Å². The highest BCUT2D eigenvalue weighted by molar-refractivity contribution is 7.92. The highest BCUT2D eigenvalue weighted by atomic mass is 32.2. The highest BCUT2D eigenvalue weighted by Crippen LogP contribution is 2.37. The van der Waals surface area contributed by atoms with Crippen LogP contribution in [0.2, 0.25) is 0 Å². The van der Waals surface area contributed by atoms with Crippen molar-refractivity contribution in [1.29, 1.82) is 0 Å². The number of anilines is 2. The Morgan fingerprint density at radius 1 is 0.939 bits per heavy atom. The van der Waals surface area contributed by atoms with E-state index in [1.807, 2.05) is 56.3 Å². The van der Waals surface area contributed by atoms with Crippen molar-refractivity contribution in [2.45, 2.75) is 31.2 Å². The Bertz CT molecular complexity index is 1470. The third-order valence-corrected chi connectivity index (χ3v) is 8.05. The fourth-order valence-corrected chi connectivity index (χ4v) is 6.16. The van der Waals surface area contributed by atoms with Crippen molar-refractivity contribution in [3.8, 4) is 0 Å². The normalized spacial score (nSPS) is 15.5. The first-order chi connectivity index (χ1) is 15.8. The summed E-state index contributed by atoms with van der Waals surface area (Å²) in [4.78, 5) is 13.3. The number of amides is 1. The lowest BCUT2D eigenvalue weighted by atomic mass is 10.1. The molecule has 4 aromatic rings. The predicted octanol–water partition coefficient (Wildman–Crippen LogP) is 5.54. The van der Waals surface area contributed by atoms with Gasteiger partial charge in [-0.15, -0.1) is 0 Å².